The van der Waals surface area contributed by atoms with Crippen LogP contribution in [0.4, 0.5) is 11.9 Å². The Morgan fingerprint density at radius 2 is 2.57 bits per heavy atom. The lowest BCUT2D eigenvalue weighted by Gasteiger charge is -2.07. The second-order valence-corrected chi connectivity index (χ2v) is 3.29. The van der Waals surface area contributed by atoms with Gasteiger partial charge in [0.15, 0.2) is 0 Å². The van der Waals surface area contributed by atoms with Crippen LogP contribution in [-0.4, -0.2) is 34.5 Å². The van der Waals surface area contributed by atoms with Gasteiger partial charge in [-0.15, -0.1) is 5.10 Å². The molecule has 1 unspecified atom stereocenters. The first kappa shape index (κ1) is 9.26. The fourth-order valence-corrected chi connectivity index (χ4v) is 1.55. The summed E-state index contributed by atoms with van der Waals surface area (Å²) in [5, 5.41) is 7.30. The van der Waals surface area contributed by atoms with Crippen LogP contribution in [0.15, 0.2) is 0 Å². The van der Waals surface area contributed by atoms with E-state index in [0.29, 0.717) is 18.5 Å². The number of hydrogen-bond acceptors (Lipinski definition) is 5. The summed E-state index contributed by atoms with van der Waals surface area (Å²) in [6, 6.07) is 0.245. The van der Waals surface area contributed by atoms with Crippen LogP contribution < -0.4 is 11.1 Å². The van der Waals surface area contributed by atoms with Gasteiger partial charge >= 0.3 is 0 Å². The summed E-state index contributed by atoms with van der Waals surface area (Å²) < 4.78 is 7.01. The van der Waals surface area contributed by atoms with Gasteiger partial charge in [0.1, 0.15) is 0 Å². The molecule has 2 rings (SSSR count). The lowest BCUT2D eigenvalue weighted by molar-refractivity contribution is 0.185. The van der Waals surface area contributed by atoms with Crippen LogP contribution in [0.3, 0.4) is 0 Å². The molecule has 6 heteroatoms. The summed E-state index contributed by atoms with van der Waals surface area (Å²) in [4.78, 5) is 4.11. The highest BCUT2D eigenvalue weighted by Crippen LogP contribution is 2.21. The van der Waals surface area contributed by atoms with Gasteiger partial charge in [-0.1, -0.05) is 0 Å². The van der Waals surface area contributed by atoms with Crippen molar-refractivity contribution in [1.29, 1.82) is 0 Å². The summed E-state index contributed by atoms with van der Waals surface area (Å²) in [6.07, 6.45) is 0.957. The maximum atomic E-state index is 5.75. The molecule has 1 atom stereocenters. The van der Waals surface area contributed by atoms with Crippen LogP contribution in [-0.2, 0) is 4.74 Å². The third-order valence-corrected chi connectivity index (χ3v) is 2.24. The largest absolute Gasteiger partial charge is 0.379 e. The minimum absolute atomic E-state index is 0.245. The Morgan fingerprint density at radius 1 is 1.71 bits per heavy atom. The van der Waals surface area contributed by atoms with Crippen molar-refractivity contribution in [3.8, 4) is 0 Å². The molecule has 0 aliphatic carbocycles. The number of nitrogens with zero attached hydrogens (tertiary/aromatic N) is 3. The van der Waals surface area contributed by atoms with Crippen molar-refractivity contribution in [2.75, 3.05) is 30.8 Å². The highest BCUT2D eigenvalue weighted by Gasteiger charge is 2.21. The van der Waals surface area contributed by atoms with Gasteiger partial charge in [0.2, 0.25) is 11.9 Å². The number of nitrogen functional groups attached to an aromatic ring is 1. The second-order valence-electron chi connectivity index (χ2n) is 3.29. The first-order valence-corrected chi connectivity index (χ1v) is 4.85. The summed E-state index contributed by atoms with van der Waals surface area (Å²) in [6.45, 7) is 4.25. The molecule has 0 amide bonds. The number of ether oxygens (including phenoxy) is 1. The summed E-state index contributed by atoms with van der Waals surface area (Å²) in [7, 11) is 0. The monoisotopic (exact) mass is 197 g/mol. The van der Waals surface area contributed by atoms with Gasteiger partial charge in [0.05, 0.1) is 12.6 Å². The number of nitrogens with two attached hydrogens (primary N) is 1. The van der Waals surface area contributed by atoms with Gasteiger partial charge in [0.25, 0.3) is 0 Å². The molecule has 0 saturated carbocycles. The molecule has 3 N–H and O–H groups in total. The van der Waals surface area contributed by atoms with Gasteiger partial charge in [-0.25, -0.2) is 4.68 Å². The molecular weight excluding hydrogens is 182 g/mol. The van der Waals surface area contributed by atoms with Crippen molar-refractivity contribution in [2.45, 2.75) is 19.4 Å². The Balaban J connectivity index is 2.15. The van der Waals surface area contributed by atoms with Crippen molar-refractivity contribution in [2.24, 2.45) is 0 Å². The minimum atomic E-state index is 0.245. The third kappa shape index (κ3) is 1.65. The quantitative estimate of drug-likeness (QED) is 0.726. The smallest absolute Gasteiger partial charge is 0.243 e. The van der Waals surface area contributed by atoms with Crippen molar-refractivity contribution in [1.82, 2.24) is 14.8 Å². The van der Waals surface area contributed by atoms with Gasteiger partial charge in [-0.3, -0.25) is 0 Å². The van der Waals surface area contributed by atoms with Crippen LogP contribution in [0.5, 0.6) is 0 Å². The molecular formula is C8H15N5O. The van der Waals surface area contributed by atoms with Crippen LogP contribution in [0, 0.1) is 0 Å². The third-order valence-electron chi connectivity index (χ3n) is 2.24. The summed E-state index contributed by atoms with van der Waals surface area (Å²) in [5.74, 6) is 1.05. The number of hydrogen-bond donors (Lipinski definition) is 2. The Morgan fingerprint density at radius 3 is 3.21 bits per heavy atom. The Kier molecular flexibility index (Phi) is 2.53. The molecule has 14 heavy (non-hydrogen) atoms. The highest BCUT2D eigenvalue weighted by atomic mass is 16.5. The molecule has 1 fully saturated rings. The predicted octanol–water partition coefficient (Wildman–Crippen LogP) is 0.253. The first-order chi connectivity index (χ1) is 6.81. The molecule has 0 bridgehead atoms. The maximum Gasteiger partial charge on any atom is 0.243 e. The Bertz CT molecular complexity index is 305. The van der Waals surface area contributed by atoms with Gasteiger partial charge in [0, 0.05) is 13.2 Å². The summed E-state index contributed by atoms with van der Waals surface area (Å²) in [5.41, 5.74) is 5.75. The zero-order valence-electron chi connectivity index (χ0n) is 8.23. The molecule has 0 aromatic carbocycles. The van der Waals surface area contributed by atoms with E-state index < -0.39 is 0 Å². The number of nitrogens with one attached hydrogen (secondary N) is 1. The zero-order chi connectivity index (χ0) is 9.97. The Labute approximate surface area is 82.4 Å². The van der Waals surface area contributed by atoms with Gasteiger partial charge in [-0.05, 0) is 13.3 Å². The number of rotatable bonds is 3. The fraction of sp³-hybridized carbons (Fsp3) is 0.750. The van der Waals surface area contributed by atoms with Crippen molar-refractivity contribution in [3.05, 3.63) is 0 Å². The molecule has 1 aromatic heterocycles. The molecule has 6 nitrogen and oxygen atoms in total. The van der Waals surface area contributed by atoms with Gasteiger partial charge < -0.3 is 15.8 Å². The minimum Gasteiger partial charge on any atom is -0.379 e. The first-order valence-electron chi connectivity index (χ1n) is 4.85. The van der Waals surface area contributed by atoms with Crippen LogP contribution >= 0.6 is 0 Å². The SMILES string of the molecule is CCNc1nc(N)n(C2CCOC2)n1. The fourth-order valence-electron chi connectivity index (χ4n) is 1.55. The molecule has 1 aromatic rings. The molecule has 1 aliphatic rings. The molecule has 1 saturated heterocycles. The molecule has 2 heterocycles. The lowest BCUT2D eigenvalue weighted by atomic mass is 10.3. The van der Waals surface area contributed by atoms with E-state index >= 15 is 0 Å². The van der Waals surface area contributed by atoms with E-state index in [4.69, 9.17) is 10.5 Å². The topological polar surface area (TPSA) is 78.0 Å². The number of anilines is 2. The van der Waals surface area contributed by atoms with E-state index in [9.17, 15) is 0 Å². The molecule has 0 radical (unpaired) electrons. The predicted molar refractivity (Wildman–Crippen MR) is 53.1 cm³/mol. The van der Waals surface area contributed by atoms with Crippen LogP contribution in [0.2, 0.25) is 0 Å². The van der Waals surface area contributed by atoms with E-state index in [1.54, 1.807) is 4.68 Å². The van der Waals surface area contributed by atoms with E-state index in [2.05, 4.69) is 15.4 Å². The van der Waals surface area contributed by atoms with Crippen molar-refractivity contribution in [3.63, 3.8) is 0 Å². The average molecular weight is 197 g/mol. The number of aromatic nitrogens is 3. The van der Waals surface area contributed by atoms with E-state index in [1.165, 1.54) is 0 Å². The normalized spacial score (nSPS) is 21.4. The highest BCUT2D eigenvalue weighted by molar-refractivity contribution is 5.31. The zero-order valence-corrected chi connectivity index (χ0v) is 8.23. The molecule has 78 valence electrons. The average Bonchev–Trinajstić information content (AvgIpc) is 2.74. The Hall–Kier alpha value is -1.30. The molecule has 1 aliphatic heterocycles. The lowest BCUT2D eigenvalue weighted by Crippen LogP contribution is -2.13. The standard InChI is InChI=1S/C8H15N5O/c1-2-10-8-11-7(9)13(12-8)6-3-4-14-5-6/h6H,2-5H2,1H3,(H3,9,10,11,12). The van der Waals surface area contributed by atoms with Gasteiger partial charge in [-0.2, -0.15) is 4.98 Å². The van der Waals surface area contributed by atoms with Crippen molar-refractivity contribution < 1.29 is 4.74 Å². The van der Waals surface area contributed by atoms with Crippen LogP contribution in [0.25, 0.3) is 0 Å². The van der Waals surface area contributed by atoms with Crippen LogP contribution in [0.1, 0.15) is 19.4 Å². The second kappa shape index (κ2) is 3.83. The summed E-state index contributed by atoms with van der Waals surface area (Å²) >= 11 is 0. The van der Waals surface area contributed by atoms with E-state index in [1.807, 2.05) is 6.92 Å². The van der Waals surface area contributed by atoms with E-state index in [0.717, 1.165) is 19.6 Å². The van der Waals surface area contributed by atoms with E-state index in [-0.39, 0.29) is 6.04 Å². The van der Waals surface area contributed by atoms with Crippen molar-refractivity contribution >= 4 is 11.9 Å². The molecule has 0 spiro atoms. The maximum absolute atomic E-state index is 5.75.